The molecule has 0 aromatic rings. The number of rotatable bonds is 14. The first kappa shape index (κ1) is 19.0. The summed E-state index contributed by atoms with van der Waals surface area (Å²) in [5.41, 5.74) is 0. The molecule has 0 spiro atoms. The molecule has 0 aliphatic heterocycles. The van der Waals surface area contributed by atoms with Crippen LogP contribution in [0.3, 0.4) is 0 Å². The van der Waals surface area contributed by atoms with E-state index in [1.165, 1.54) is 83.5 Å². The van der Waals surface area contributed by atoms with Crippen LogP contribution in [0, 0.1) is 11.8 Å². The summed E-state index contributed by atoms with van der Waals surface area (Å²) < 4.78 is 0. The molecule has 0 saturated heterocycles. The lowest BCUT2D eigenvalue weighted by Gasteiger charge is -2.19. The summed E-state index contributed by atoms with van der Waals surface area (Å²) in [5.74, 6) is 1.88. The Morgan fingerprint density at radius 2 is 0.789 bits per heavy atom. The SMILES string of the molecule is CCCCCCCCC(C)C(C)CCCCCCC. The highest BCUT2D eigenvalue weighted by Crippen LogP contribution is 2.24. The van der Waals surface area contributed by atoms with E-state index in [1.807, 2.05) is 0 Å². The molecule has 0 bridgehead atoms. The van der Waals surface area contributed by atoms with Gasteiger partial charge in [-0.2, -0.15) is 0 Å². The van der Waals surface area contributed by atoms with Gasteiger partial charge in [0.1, 0.15) is 0 Å². The second-order valence-corrected chi connectivity index (χ2v) is 6.71. The summed E-state index contributed by atoms with van der Waals surface area (Å²) in [6.45, 7) is 9.54. The summed E-state index contributed by atoms with van der Waals surface area (Å²) in [4.78, 5) is 0. The average Bonchev–Trinajstić information content (AvgIpc) is 2.42. The van der Waals surface area contributed by atoms with E-state index in [4.69, 9.17) is 0 Å². The molecule has 0 radical (unpaired) electrons. The van der Waals surface area contributed by atoms with E-state index in [0.29, 0.717) is 0 Å². The number of unbranched alkanes of at least 4 members (excludes halogenated alkanes) is 9. The molecule has 0 amide bonds. The third kappa shape index (κ3) is 12.8. The molecule has 0 nitrogen and oxygen atoms in total. The van der Waals surface area contributed by atoms with Crippen molar-refractivity contribution in [3.8, 4) is 0 Å². The molecule has 0 aliphatic rings. The Morgan fingerprint density at radius 3 is 1.16 bits per heavy atom. The quantitative estimate of drug-likeness (QED) is 0.288. The molecule has 2 atom stereocenters. The van der Waals surface area contributed by atoms with Crippen LogP contribution in [0.4, 0.5) is 0 Å². The molecule has 2 unspecified atom stereocenters. The summed E-state index contributed by atoms with van der Waals surface area (Å²) in [5, 5.41) is 0. The smallest absolute Gasteiger partial charge is 0.0417 e. The maximum Gasteiger partial charge on any atom is -0.0417 e. The maximum atomic E-state index is 2.47. The molecule has 0 rings (SSSR count). The summed E-state index contributed by atoms with van der Waals surface area (Å²) >= 11 is 0. The summed E-state index contributed by atoms with van der Waals surface area (Å²) in [6, 6.07) is 0. The molecule has 0 fully saturated rings. The molecule has 0 N–H and O–H groups in total. The number of hydrogen-bond acceptors (Lipinski definition) is 0. The predicted molar refractivity (Wildman–Crippen MR) is 89.7 cm³/mol. The molecular weight excluding hydrogens is 228 g/mol. The lowest BCUT2D eigenvalue weighted by Crippen LogP contribution is -2.08. The van der Waals surface area contributed by atoms with Gasteiger partial charge in [-0.25, -0.2) is 0 Å². The Balaban J connectivity index is 3.35. The molecule has 19 heavy (non-hydrogen) atoms. The van der Waals surface area contributed by atoms with E-state index in [-0.39, 0.29) is 0 Å². The van der Waals surface area contributed by atoms with Crippen LogP contribution in [-0.2, 0) is 0 Å². The van der Waals surface area contributed by atoms with Crippen molar-refractivity contribution in [2.75, 3.05) is 0 Å². The second kappa shape index (κ2) is 14.4. The lowest BCUT2D eigenvalue weighted by molar-refractivity contribution is 0.322. The first-order valence-electron chi connectivity index (χ1n) is 9.22. The van der Waals surface area contributed by atoms with Crippen molar-refractivity contribution in [3.05, 3.63) is 0 Å². The van der Waals surface area contributed by atoms with Crippen molar-refractivity contribution in [1.29, 1.82) is 0 Å². The van der Waals surface area contributed by atoms with Gasteiger partial charge in [0.25, 0.3) is 0 Å². The van der Waals surface area contributed by atoms with Gasteiger partial charge >= 0.3 is 0 Å². The zero-order chi connectivity index (χ0) is 14.3. The van der Waals surface area contributed by atoms with Gasteiger partial charge in [0, 0.05) is 0 Å². The first-order valence-corrected chi connectivity index (χ1v) is 9.22. The molecular formula is C19H40. The third-order valence-corrected chi connectivity index (χ3v) is 4.75. The molecule has 0 aliphatic carbocycles. The topological polar surface area (TPSA) is 0 Å². The zero-order valence-corrected chi connectivity index (χ0v) is 14.3. The Morgan fingerprint density at radius 1 is 0.474 bits per heavy atom. The average molecular weight is 269 g/mol. The maximum absolute atomic E-state index is 2.47. The van der Waals surface area contributed by atoms with Gasteiger partial charge in [0.05, 0.1) is 0 Å². The highest BCUT2D eigenvalue weighted by Gasteiger charge is 2.11. The fourth-order valence-electron chi connectivity index (χ4n) is 2.89. The largest absolute Gasteiger partial charge is 0.0654 e. The molecule has 0 saturated carbocycles. The van der Waals surface area contributed by atoms with Crippen LogP contribution in [0.15, 0.2) is 0 Å². The summed E-state index contributed by atoms with van der Waals surface area (Å²) in [7, 11) is 0. The molecule has 116 valence electrons. The van der Waals surface area contributed by atoms with E-state index in [0.717, 1.165) is 11.8 Å². The van der Waals surface area contributed by atoms with E-state index >= 15 is 0 Å². The Hall–Kier alpha value is 0. The molecule has 0 aromatic heterocycles. The van der Waals surface area contributed by atoms with Crippen LogP contribution >= 0.6 is 0 Å². The van der Waals surface area contributed by atoms with Crippen LogP contribution in [0.25, 0.3) is 0 Å². The first-order chi connectivity index (χ1) is 9.22. The van der Waals surface area contributed by atoms with Gasteiger partial charge in [-0.05, 0) is 11.8 Å². The fraction of sp³-hybridized carbons (Fsp3) is 1.00. The molecule has 0 heteroatoms. The van der Waals surface area contributed by atoms with Crippen LogP contribution in [0.5, 0.6) is 0 Å². The van der Waals surface area contributed by atoms with Gasteiger partial charge in [-0.1, -0.05) is 111 Å². The third-order valence-electron chi connectivity index (χ3n) is 4.75. The van der Waals surface area contributed by atoms with Crippen molar-refractivity contribution in [2.45, 2.75) is 111 Å². The van der Waals surface area contributed by atoms with Crippen LogP contribution in [0.1, 0.15) is 111 Å². The second-order valence-electron chi connectivity index (χ2n) is 6.71. The minimum absolute atomic E-state index is 0.942. The minimum Gasteiger partial charge on any atom is -0.0654 e. The van der Waals surface area contributed by atoms with E-state index < -0.39 is 0 Å². The van der Waals surface area contributed by atoms with E-state index in [2.05, 4.69) is 27.7 Å². The van der Waals surface area contributed by atoms with Gasteiger partial charge in [-0.3, -0.25) is 0 Å². The predicted octanol–water partition coefficient (Wildman–Crippen LogP) is 7.37. The van der Waals surface area contributed by atoms with Crippen molar-refractivity contribution in [2.24, 2.45) is 11.8 Å². The van der Waals surface area contributed by atoms with Crippen molar-refractivity contribution < 1.29 is 0 Å². The zero-order valence-electron chi connectivity index (χ0n) is 14.3. The Labute approximate surface area is 123 Å². The van der Waals surface area contributed by atoms with Crippen LogP contribution in [0.2, 0.25) is 0 Å². The van der Waals surface area contributed by atoms with Crippen molar-refractivity contribution >= 4 is 0 Å². The standard InChI is InChI=1S/C19H40/c1-5-7-9-11-13-15-17-19(4)18(3)16-14-12-10-8-6-2/h18-19H,5-17H2,1-4H3. The van der Waals surface area contributed by atoms with Crippen molar-refractivity contribution in [1.82, 2.24) is 0 Å². The van der Waals surface area contributed by atoms with E-state index in [1.54, 1.807) is 0 Å². The molecule has 0 heterocycles. The Bertz CT molecular complexity index is 161. The van der Waals surface area contributed by atoms with Gasteiger partial charge in [0.15, 0.2) is 0 Å². The highest BCUT2D eigenvalue weighted by atomic mass is 14.2. The highest BCUT2D eigenvalue weighted by molar-refractivity contribution is 4.63. The van der Waals surface area contributed by atoms with Gasteiger partial charge in [-0.15, -0.1) is 0 Å². The van der Waals surface area contributed by atoms with Crippen LogP contribution in [-0.4, -0.2) is 0 Å². The van der Waals surface area contributed by atoms with E-state index in [9.17, 15) is 0 Å². The van der Waals surface area contributed by atoms with Gasteiger partial charge < -0.3 is 0 Å². The lowest BCUT2D eigenvalue weighted by atomic mass is 9.86. The van der Waals surface area contributed by atoms with Gasteiger partial charge in [0.2, 0.25) is 0 Å². The summed E-state index contributed by atoms with van der Waals surface area (Å²) in [6.07, 6.45) is 18.7. The van der Waals surface area contributed by atoms with Crippen molar-refractivity contribution in [3.63, 3.8) is 0 Å². The number of hydrogen-bond donors (Lipinski definition) is 0. The fourth-order valence-corrected chi connectivity index (χ4v) is 2.89. The minimum atomic E-state index is 0.942. The molecule has 0 aromatic carbocycles. The monoisotopic (exact) mass is 268 g/mol. The Kier molecular flexibility index (Phi) is 14.4. The normalized spacial score (nSPS) is 14.5. The van der Waals surface area contributed by atoms with Crippen LogP contribution < -0.4 is 0 Å².